The van der Waals surface area contributed by atoms with E-state index in [9.17, 15) is 9.59 Å². The number of hydrogen-bond donors (Lipinski definition) is 1. The van der Waals surface area contributed by atoms with Crippen molar-refractivity contribution in [3.63, 3.8) is 0 Å². The van der Waals surface area contributed by atoms with Gasteiger partial charge >= 0.3 is 12.1 Å². The number of likely N-dealkylation sites (tertiary alicyclic amines) is 1. The van der Waals surface area contributed by atoms with Gasteiger partial charge in [0, 0.05) is 24.4 Å². The number of rotatable bonds is 2. The summed E-state index contributed by atoms with van der Waals surface area (Å²) in [5, 5.41) is 11.4. The number of thiazole rings is 1. The first-order chi connectivity index (χ1) is 9.76. The molecule has 1 amide bonds. The average molecular weight is 310 g/mol. The molecule has 1 aromatic heterocycles. The second kappa shape index (κ2) is 4.69. The average Bonchev–Trinajstić information content (AvgIpc) is 2.82. The third-order valence-electron chi connectivity index (χ3n) is 3.87. The number of piperidine rings is 1. The Labute approximate surface area is 126 Å². The molecule has 6 nitrogen and oxygen atoms in total. The van der Waals surface area contributed by atoms with Gasteiger partial charge in [-0.3, -0.25) is 0 Å². The molecule has 114 valence electrons. The molecule has 1 saturated carbocycles. The Morgan fingerprint density at radius 1 is 1.38 bits per heavy atom. The molecule has 1 aromatic rings. The number of fused-ring (bicyclic) bond motifs is 1. The van der Waals surface area contributed by atoms with Crippen LogP contribution in [0, 0.1) is 11.8 Å². The Balaban J connectivity index is 1.58. The highest BCUT2D eigenvalue weighted by molar-refractivity contribution is 7.10. The molecule has 2 aliphatic rings. The minimum Gasteiger partial charge on any atom is -0.476 e. The van der Waals surface area contributed by atoms with E-state index in [1.165, 1.54) is 11.3 Å². The number of aromatic carboxylic acids is 1. The Morgan fingerprint density at radius 3 is 2.48 bits per heavy atom. The van der Waals surface area contributed by atoms with Crippen molar-refractivity contribution >= 4 is 23.4 Å². The van der Waals surface area contributed by atoms with Crippen molar-refractivity contribution in [2.24, 2.45) is 11.8 Å². The van der Waals surface area contributed by atoms with E-state index in [4.69, 9.17) is 9.84 Å². The molecular weight excluding hydrogens is 292 g/mol. The fraction of sp³-hybridized carbons (Fsp3) is 0.643. The van der Waals surface area contributed by atoms with E-state index in [0.717, 1.165) is 5.01 Å². The zero-order valence-corrected chi connectivity index (χ0v) is 13.0. The van der Waals surface area contributed by atoms with Gasteiger partial charge in [-0.05, 0) is 32.6 Å². The second-order valence-electron chi connectivity index (χ2n) is 6.61. The molecule has 1 aliphatic heterocycles. The first kappa shape index (κ1) is 14.3. The monoisotopic (exact) mass is 310 g/mol. The van der Waals surface area contributed by atoms with Crippen LogP contribution in [0.25, 0.3) is 0 Å². The third-order valence-corrected chi connectivity index (χ3v) is 4.82. The maximum absolute atomic E-state index is 12.0. The third kappa shape index (κ3) is 2.74. The summed E-state index contributed by atoms with van der Waals surface area (Å²) in [7, 11) is 0. The van der Waals surface area contributed by atoms with Crippen molar-refractivity contribution < 1.29 is 19.4 Å². The van der Waals surface area contributed by atoms with Crippen molar-refractivity contribution in [3.8, 4) is 0 Å². The van der Waals surface area contributed by atoms with Crippen LogP contribution in [-0.4, -0.2) is 45.7 Å². The van der Waals surface area contributed by atoms with Gasteiger partial charge in [-0.1, -0.05) is 0 Å². The molecular formula is C14H18N2O4S. The van der Waals surface area contributed by atoms with Crippen LogP contribution >= 0.6 is 11.3 Å². The lowest BCUT2D eigenvalue weighted by Gasteiger charge is -2.25. The summed E-state index contributed by atoms with van der Waals surface area (Å²) in [5.74, 6) is 0.108. The number of carbonyl (C=O) groups excluding carboxylic acids is 1. The topological polar surface area (TPSA) is 79.7 Å². The van der Waals surface area contributed by atoms with Gasteiger partial charge < -0.3 is 14.7 Å². The summed E-state index contributed by atoms with van der Waals surface area (Å²) in [5.41, 5.74) is -0.362. The van der Waals surface area contributed by atoms with Gasteiger partial charge in [-0.2, -0.15) is 0 Å². The maximum atomic E-state index is 12.0. The smallest absolute Gasteiger partial charge is 0.410 e. The maximum Gasteiger partial charge on any atom is 0.410 e. The summed E-state index contributed by atoms with van der Waals surface area (Å²) >= 11 is 1.40. The van der Waals surface area contributed by atoms with Gasteiger partial charge in [0.25, 0.3) is 0 Å². The lowest BCUT2D eigenvalue weighted by atomic mass is 10.2. The highest BCUT2D eigenvalue weighted by atomic mass is 32.1. The van der Waals surface area contributed by atoms with Crippen LogP contribution in [-0.2, 0) is 4.74 Å². The lowest BCUT2D eigenvalue weighted by molar-refractivity contribution is 0.0271. The Kier molecular flexibility index (Phi) is 3.20. The lowest BCUT2D eigenvalue weighted by Crippen LogP contribution is -2.36. The molecule has 0 spiro atoms. The van der Waals surface area contributed by atoms with E-state index in [1.54, 1.807) is 10.3 Å². The molecule has 3 rings (SSSR count). The summed E-state index contributed by atoms with van der Waals surface area (Å²) in [6, 6.07) is 0. The van der Waals surface area contributed by atoms with Crippen LogP contribution in [0.3, 0.4) is 0 Å². The summed E-state index contributed by atoms with van der Waals surface area (Å²) in [4.78, 5) is 28.7. The first-order valence-corrected chi connectivity index (χ1v) is 7.81. The zero-order valence-electron chi connectivity index (χ0n) is 12.2. The van der Waals surface area contributed by atoms with Gasteiger partial charge in [0.2, 0.25) is 0 Å². The molecule has 1 N–H and O–H groups in total. The standard InChI is InChI=1S/C14H18N2O4S/c1-14(2,3)20-13(19)16-4-7-8(5-16)10(7)11-15-9(6-21-11)12(17)18/h6-8,10H,4-5H2,1-3H3,(H,17,18)/t7-,8+,10+. The zero-order chi connectivity index (χ0) is 15.4. The van der Waals surface area contributed by atoms with Gasteiger partial charge in [-0.15, -0.1) is 11.3 Å². The number of aromatic nitrogens is 1. The SMILES string of the molecule is CC(C)(C)OC(=O)N1C[C@@H]2[C@H](C1)[C@H]2c1nc(C(=O)O)cs1. The number of amides is 1. The molecule has 1 saturated heterocycles. The summed E-state index contributed by atoms with van der Waals surface area (Å²) in [6.45, 7) is 6.91. The van der Waals surface area contributed by atoms with Gasteiger partial charge in [-0.25, -0.2) is 14.6 Å². The van der Waals surface area contributed by atoms with Crippen molar-refractivity contribution in [2.45, 2.75) is 32.3 Å². The molecule has 0 bridgehead atoms. The van der Waals surface area contributed by atoms with Crippen molar-refractivity contribution in [1.82, 2.24) is 9.88 Å². The normalized spacial score (nSPS) is 27.4. The Hall–Kier alpha value is -1.63. The fourth-order valence-corrected chi connectivity index (χ4v) is 3.95. The second-order valence-corrected chi connectivity index (χ2v) is 7.50. The largest absolute Gasteiger partial charge is 0.476 e. The highest BCUT2D eigenvalue weighted by Gasteiger charge is 2.59. The number of ether oxygens (including phenoxy) is 1. The molecule has 2 heterocycles. The van der Waals surface area contributed by atoms with Crippen LogP contribution in [0.5, 0.6) is 0 Å². The summed E-state index contributed by atoms with van der Waals surface area (Å²) < 4.78 is 5.36. The summed E-state index contributed by atoms with van der Waals surface area (Å²) in [6.07, 6.45) is -0.265. The Bertz CT molecular complexity index is 580. The molecule has 21 heavy (non-hydrogen) atoms. The van der Waals surface area contributed by atoms with Crippen molar-refractivity contribution in [3.05, 3.63) is 16.1 Å². The van der Waals surface area contributed by atoms with Crippen LogP contribution in [0.4, 0.5) is 4.79 Å². The number of hydrogen-bond acceptors (Lipinski definition) is 5. The number of nitrogens with zero attached hydrogens (tertiary/aromatic N) is 2. The van der Waals surface area contributed by atoms with Gasteiger partial charge in [0.1, 0.15) is 5.60 Å². The van der Waals surface area contributed by atoms with Crippen molar-refractivity contribution in [1.29, 1.82) is 0 Å². The molecule has 2 fully saturated rings. The molecule has 1 aliphatic carbocycles. The molecule has 3 atom stereocenters. The van der Waals surface area contributed by atoms with Crippen molar-refractivity contribution in [2.75, 3.05) is 13.1 Å². The van der Waals surface area contributed by atoms with E-state index in [1.807, 2.05) is 20.8 Å². The quantitative estimate of drug-likeness (QED) is 0.907. The minimum absolute atomic E-state index is 0.115. The van der Waals surface area contributed by atoms with Crippen LogP contribution in [0.15, 0.2) is 5.38 Å². The van der Waals surface area contributed by atoms with E-state index in [-0.39, 0.29) is 11.8 Å². The first-order valence-electron chi connectivity index (χ1n) is 6.93. The molecule has 0 aromatic carbocycles. The highest BCUT2D eigenvalue weighted by Crippen LogP contribution is 2.58. The Morgan fingerprint density at radius 2 is 2.00 bits per heavy atom. The van der Waals surface area contributed by atoms with Crippen LogP contribution in [0.1, 0.15) is 42.2 Å². The predicted octanol–water partition coefficient (Wildman–Crippen LogP) is 2.42. The van der Waals surface area contributed by atoms with E-state index < -0.39 is 11.6 Å². The van der Waals surface area contributed by atoms with E-state index in [2.05, 4.69) is 4.98 Å². The number of carbonyl (C=O) groups is 2. The predicted molar refractivity (Wildman–Crippen MR) is 76.6 cm³/mol. The number of carboxylic acid groups (broad SMARTS) is 1. The van der Waals surface area contributed by atoms with Crippen LogP contribution < -0.4 is 0 Å². The molecule has 0 radical (unpaired) electrons. The van der Waals surface area contributed by atoms with Crippen LogP contribution in [0.2, 0.25) is 0 Å². The van der Waals surface area contributed by atoms with Gasteiger partial charge in [0.15, 0.2) is 5.69 Å². The fourth-order valence-electron chi connectivity index (χ4n) is 2.91. The van der Waals surface area contributed by atoms with E-state index in [0.29, 0.717) is 30.8 Å². The minimum atomic E-state index is -0.987. The number of carboxylic acids is 1. The molecule has 7 heteroatoms. The molecule has 0 unspecified atom stereocenters. The van der Waals surface area contributed by atoms with E-state index >= 15 is 0 Å². The van der Waals surface area contributed by atoms with Gasteiger partial charge in [0.05, 0.1) is 5.01 Å².